The minimum Gasteiger partial charge on any atom is -0.278 e. The van der Waals surface area contributed by atoms with Gasteiger partial charge < -0.3 is 0 Å². The summed E-state index contributed by atoms with van der Waals surface area (Å²) in [4.78, 5) is 53.2. The first-order chi connectivity index (χ1) is 22.6. The van der Waals surface area contributed by atoms with Gasteiger partial charge in [0.25, 0.3) is 17.7 Å². The highest BCUT2D eigenvalue weighted by atomic mass is 19.4. The molecule has 4 amide bonds. The normalized spacial score (nSPS) is 13.1. The molecule has 12 heteroatoms. The fraction of sp³-hybridized carbons (Fsp3) is 0.111. The second kappa shape index (κ2) is 11.9. The average molecular weight is 659 g/mol. The third kappa shape index (κ3) is 5.17. The van der Waals surface area contributed by atoms with E-state index in [1.54, 1.807) is 0 Å². The predicted molar refractivity (Wildman–Crippen MR) is 163 cm³/mol. The van der Waals surface area contributed by atoms with Gasteiger partial charge in [0, 0.05) is 16.7 Å². The van der Waals surface area contributed by atoms with E-state index in [1.807, 2.05) is 0 Å². The molecule has 5 rings (SSSR count). The van der Waals surface area contributed by atoms with Crippen molar-refractivity contribution in [2.24, 2.45) is 0 Å². The van der Waals surface area contributed by atoms with Gasteiger partial charge in [0.15, 0.2) is 0 Å². The molecule has 0 spiro atoms. The molecule has 1 aliphatic rings. The number of fused-ring (bicyclic) bond motifs is 1. The molecule has 6 nitrogen and oxygen atoms in total. The highest BCUT2D eigenvalue weighted by molar-refractivity contribution is 6.34. The lowest BCUT2D eigenvalue weighted by Gasteiger charge is -2.38. The smallest absolute Gasteiger partial charge is 0.278 e. The number of alkyl halides is 6. The zero-order valence-electron chi connectivity index (χ0n) is 24.6. The summed E-state index contributed by atoms with van der Waals surface area (Å²) in [6, 6.07) is 14.4. The molecule has 1 heterocycles. The van der Waals surface area contributed by atoms with Gasteiger partial charge in [0.05, 0.1) is 22.5 Å². The van der Waals surface area contributed by atoms with Crippen molar-refractivity contribution in [3.05, 3.63) is 129 Å². The fourth-order valence-electron chi connectivity index (χ4n) is 5.61. The van der Waals surface area contributed by atoms with Gasteiger partial charge >= 0.3 is 12.4 Å². The largest absolute Gasteiger partial charge is 0.411 e. The molecule has 240 valence electrons. The number of carbonyl (C=O) groups excluding carboxylic acids is 4. The molecular formula is C36H20F6N2O4. The SMILES string of the molecule is C#Cc1cccc(N(C=O)C(=O)c2cc(C(c3ccc4c(c3)C(=O)N(c3cccc(C#C)c3)C4=O)(C(F)(F)F)C(F)(F)F)ccc2C)c1. The van der Waals surface area contributed by atoms with Crippen LogP contribution in [0.5, 0.6) is 0 Å². The number of nitrogens with zero attached hydrogens (tertiary/aromatic N) is 2. The van der Waals surface area contributed by atoms with Gasteiger partial charge in [-0.3, -0.25) is 19.2 Å². The number of imide groups is 2. The molecule has 0 bridgehead atoms. The number of benzene rings is 4. The van der Waals surface area contributed by atoms with Gasteiger partial charge in [-0.25, -0.2) is 9.80 Å². The van der Waals surface area contributed by atoms with Crippen LogP contribution in [-0.4, -0.2) is 36.5 Å². The molecule has 4 aromatic carbocycles. The Morgan fingerprint density at radius 2 is 1.31 bits per heavy atom. The molecule has 0 radical (unpaired) electrons. The number of amides is 4. The van der Waals surface area contributed by atoms with Crippen molar-refractivity contribution >= 4 is 35.5 Å². The van der Waals surface area contributed by atoms with E-state index < -0.39 is 63.3 Å². The first-order valence-corrected chi connectivity index (χ1v) is 13.8. The van der Waals surface area contributed by atoms with E-state index in [9.17, 15) is 19.2 Å². The van der Waals surface area contributed by atoms with E-state index in [1.165, 1.54) is 55.5 Å². The standard InChI is InChI=1S/C36H20F6N2O4/c1-4-22-8-6-10-26(16-22)43(20-45)31(46)29-18-24(13-12-21(29)3)34(35(37,38)39,36(40,41)42)25-14-15-28-30(19-25)33(48)44(32(28)47)27-11-7-9-23(5-2)17-27/h1-2,6-20H,3H3. The van der Waals surface area contributed by atoms with Gasteiger partial charge in [0.2, 0.25) is 11.8 Å². The Bertz CT molecular complexity index is 2090. The number of hydrogen-bond donors (Lipinski definition) is 0. The van der Waals surface area contributed by atoms with Gasteiger partial charge in [-0.15, -0.1) is 12.8 Å². The number of halogens is 6. The number of anilines is 2. The lowest BCUT2D eigenvalue weighted by Crippen LogP contribution is -2.55. The Labute approximate surface area is 269 Å². The predicted octanol–water partition coefficient (Wildman–Crippen LogP) is 6.97. The van der Waals surface area contributed by atoms with Crippen molar-refractivity contribution in [1.82, 2.24) is 0 Å². The average Bonchev–Trinajstić information content (AvgIpc) is 3.29. The van der Waals surface area contributed by atoms with Crippen LogP contribution in [0.15, 0.2) is 84.9 Å². The van der Waals surface area contributed by atoms with E-state index >= 15 is 26.3 Å². The Morgan fingerprint density at radius 3 is 1.92 bits per heavy atom. The minimum atomic E-state index is -6.10. The molecule has 0 N–H and O–H groups in total. The van der Waals surface area contributed by atoms with Crippen LogP contribution in [0.25, 0.3) is 0 Å². The maximum atomic E-state index is 15.1. The topological polar surface area (TPSA) is 74.8 Å². The van der Waals surface area contributed by atoms with Gasteiger partial charge in [-0.2, -0.15) is 26.3 Å². The molecule has 0 unspecified atom stereocenters. The van der Waals surface area contributed by atoms with E-state index in [0.717, 1.165) is 12.1 Å². The van der Waals surface area contributed by atoms with Crippen LogP contribution in [0.3, 0.4) is 0 Å². The second-order valence-corrected chi connectivity index (χ2v) is 10.7. The molecule has 48 heavy (non-hydrogen) atoms. The number of hydrogen-bond acceptors (Lipinski definition) is 4. The van der Waals surface area contributed by atoms with Crippen molar-refractivity contribution in [2.75, 3.05) is 9.80 Å². The van der Waals surface area contributed by atoms with E-state index in [2.05, 4.69) is 11.8 Å². The molecule has 0 saturated heterocycles. The zero-order valence-corrected chi connectivity index (χ0v) is 24.6. The maximum absolute atomic E-state index is 15.1. The van der Waals surface area contributed by atoms with E-state index in [4.69, 9.17) is 12.8 Å². The summed E-state index contributed by atoms with van der Waals surface area (Å²) in [5.41, 5.74) is -9.07. The third-order valence-electron chi connectivity index (χ3n) is 7.96. The monoisotopic (exact) mass is 658 g/mol. The Balaban J connectivity index is 1.70. The minimum absolute atomic E-state index is 0.0368. The van der Waals surface area contributed by atoms with Crippen LogP contribution >= 0.6 is 0 Å². The summed E-state index contributed by atoms with van der Waals surface area (Å²) in [6.07, 6.45) is -1.40. The molecular weight excluding hydrogens is 638 g/mol. The maximum Gasteiger partial charge on any atom is 0.411 e. The quantitative estimate of drug-likeness (QED) is 0.0971. The van der Waals surface area contributed by atoms with Crippen LogP contribution < -0.4 is 9.80 Å². The van der Waals surface area contributed by atoms with Crippen molar-refractivity contribution in [2.45, 2.75) is 24.7 Å². The highest BCUT2D eigenvalue weighted by Gasteiger charge is 2.72. The Kier molecular flexibility index (Phi) is 8.24. The third-order valence-corrected chi connectivity index (χ3v) is 7.96. The van der Waals surface area contributed by atoms with Crippen LogP contribution in [-0.2, 0) is 10.2 Å². The second-order valence-electron chi connectivity index (χ2n) is 10.7. The molecule has 4 aromatic rings. The van der Waals surface area contributed by atoms with Crippen LogP contribution in [0.4, 0.5) is 37.7 Å². The molecule has 0 atom stereocenters. The van der Waals surface area contributed by atoms with Crippen molar-refractivity contribution in [3.8, 4) is 24.7 Å². The number of terminal acetylenes is 2. The van der Waals surface area contributed by atoms with E-state index in [0.29, 0.717) is 34.1 Å². The zero-order chi connectivity index (χ0) is 35.2. The van der Waals surface area contributed by atoms with Gasteiger partial charge in [0.1, 0.15) is 0 Å². The molecule has 0 saturated carbocycles. The van der Waals surface area contributed by atoms with Crippen molar-refractivity contribution < 1.29 is 45.5 Å². The first kappa shape index (κ1) is 33.2. The molecule has 0 aromatic heterocycles. The highest BCUT2D eigenvalue weighted by Crippen LogP contribution is 2.57. The van der Waals surface area contributed by atoms with Crippen LogP contribution in [0.2, 0.25) is 0 Å². The summed E-state index contributed by atoms with van der Waals surface area (Å²) in [6.45, 7) is 1.27. The molecule has 0 fully saturated rings. The van der Waals surface area contributed by atoms with Gasteiger partial charge in [-0.05, 0) is 78.2 Å². The summed E-state index contributed by atoms with van der Waals surface area (Å²) >= 11 is 0. The summed E-state index contributed by atoms with van der Waals surface area (Å²) < 4.78 is 90.8. The first-order valence-electron chi connectivity index (χ1n) is 13.8. The summed E-state index contributed by atoms with van der Waals surface area (Å²) in [5.74, 6) is 1.24. The lowest BCUT2D eigenvalue weighted by atomic mass is 9.71. The van der Waals surface area contributed by atoms with E-state index in [-0.39, 0.29) is 34.5 Å². The number of aryl methyl sites for hydroxylation is 1. The summed E-state index contributed by atoms with van der Waals surface area (Å²) in [5, 5.41) is 0. The lowest BCUT2D eigenvalue weighted by molar-refractivity contribution is -0.288. The summed E-state index contributed by atoms with van der Waals surface area (Å²) in [7, 11) is 0. The fourth-order valence-corrected chi connectivity index (χ4v) is 5.61. The van der Waals surface area contributed by atoms with Gasteiger partial charge in [-0.1, -0.05) is 42.2 Å². The number of carbonyl (C=O) groups is 4. The Hall–Kier alpha value is -6.14. The van der Waals surface area contributed by atoms with Crippen LogP contribution in [0.1, 0.15) is 58.9 Å². The van der Waals surface area contributed by atoms with Crippen molar-refractivity contribution in [3.63, 3.8) is 0 Å². The van der Waals surface area contributed by atoms with Crippen molar-refractivity contribution in [1.29, 1.82) is 0 Å². The number of rotatable bonds is 6. The van der Waals surface area contributed by atoms with Crippen LogP contribution in [0, 0.1) is 31.6 Å². The molecule has 0 aliphatic carbocycles. The Morgan fingerprint density at radius 1 is 0.750 bits per heavy atom. The molecule has 1 aliphatic heterocycles.